The zero-order chi connectivity index (χ0) is 10.4. The molecule has 0 spiro atoms. The van der Waals surface area contributed by atoms with Crippen LogP contribution in [0.4, 0.5) is 0 Å². The van der Waals surface area contributed by atoms with Crippen LogP contribution in [0.15, 0.2) is 11.1 Å². The van der Waals surface area contributed by atoms with E-state index in [0.29, 0.717) is 5.57 Å². The van der Waals surface area contributed by atoms with Crippen LogP contribution in [-0.2, 0) is 23.4 Å². The summed E-state index contributed by atoms with van der Waals surface area (Å²) in [6.45, 7) is 5.10. The van der Waals surface area contributed by atoms with Crippen molar-refractivity contribution in [3.05, 3.63) is 11.1 Å². The highest BCUT2D eigenvalue weighted by molar-refractivity contribution is 7.33. The third-order valence-corrected chi connectivity index (χ3v) is 1.87. The summed E-state index contributed by atoms with van der Waals surface area (Å²) >= 11 is 0. The molecular formula is C7H12O5P+. The first kappa shape index (κ1) is 12.2. The van der Waals surface area contributed by atoms with E-state index in [1.54, 1.807) is 20.8 Å². The van der Waals surface area contributed by atoms with Crippen LogP contribution in [0.25, 0.3) is 0 Å². The number of carbonyl (C=O) groups is 1. The Hall–Kier alpha value is -0.770. The van der Waals surface area contributed by atoms with Gasteiger partial charge in [-0.15, -0.1) is 4.52 Å². The van der Waals surface area contributed by atoms with Gasteiger partial charge < -0.3 is 0 Å². The molecule has 5 nitrogen and oxygen atoms in total. The summed E-state index contributed by atoms with van der Waals surface area (Å²) < 4.78 is 18.9. The van der Waals surface area contributed by atoms with Gasteiger partial charge in [-0.05, 0) is 20.8 Å². The van der Waals surface area contributed by atoms with Crippen LogP contribution < -0.4 is 0 Å². The molecule has 6 heteroatoms. The number of hydrogen-bond donors (Lipinski definition) is 0. The lowest BCUT2D eigenvalue weighted by atomic mass is 10.2. The van der Waals surface area contributed by atoms with Gasteiger partial charge in [-0.1, -0.05) is 5.57 Å². The highest BCUT2D eigenvalue weighted by atomic mass is 31.1. The van der Waals surface area contributed by atoms with Crippen LogP contribution in [0.5, 0.6) is 0 Å². The van der Waals surface area contributed by atoms with Crippen LogP contribution in [0, 0.1) is 0 Å². The maximum Gasteiger partial charge on any atom is 0.738 e. The minimum atomic E-state index is -2.37. The van der Waals surface area contributed by atoms with Crippen LogP contribution in [0.3, 0.4) is 0 Å². The molecule has 1 atom stereocenters. The SMILES string of the molecule is CO[P+](=O)OOC(=O)C(C)=C(C)C. The van der Waals surface area contributed by atoms with E-state index in [9.17, 15) is 9.36 Å². The zero-order valence-corrected chi connectivity index (χ0v) is 8.88. The minimum absolute atomic E-state index is 0.416. The first-order chi connectivity index (χ1) is 5.99. The molecule has 1 unspecified atom stereocenters. The minimum Gasteiger partial charge on any atom is -0.246 e. The van der Waals surface area contributed by atoms with Gasteiger partial charge >= 0.3 is 14.2 Å². The monoisotopic (exact) mass is 207 g/mol. The molecule has 0 heterocycles. The fourth-order valence-corrected chi connectivity index (χ4v) is 0.551. The van der Waals surface area contributed by atoms with Crippen molar-refractivity contribution in [3.63, 3.8) is 0 Å². The molecule has 0 aromatic carbocycles. The predicted molar refractivity (Wildman–Crippen MR) is 45.8 cm³/mol. The largest absolute Gasteiger partial charge is 0.738 e. The summed E-state index contributed by atoms with van der Waals surface area (Å²) in [5.74, 6) is -0.666. The molecule has 0 aromatic rings. The Bertz CT molecular complexity index is 241. The van der Waals surface area contributed by atoms with Crippen molar-refractivity contribution in [1.82, 2.24) is 0 Å². The molecule has 0 saturated carbocycles. The van der Waals surface area contributed by atoms with Crippen molar-refractivity contribution in [3.8, 4) is 0 Å². The fraction of sp³-hybridized carbons (Fsp3) is 0.571. The van der Waals surface area contributed by atoms with Crippen molar-refractivity contribution >= 4 is 14.2 Å². The first-order valence-corrected chi connectivity index (χ1v) is 4.63. The van der Waals surface area contributed by atoms with Crippen molar-refractivity contribution in [2.45, 2.75) is 20.8 Å². The van der Waals surface area contributed by atoms with Gasteiger partial charge in [0.25, 0.3) is 0 Å². The molecule has 0 bridgehead atoms. The van der Waals surface area contributed by atoms with Crippen molar-refractivity contribution in [2.75, 3.05) is 7.11 Å². The quantitative estimate of drug-likeness (QED) is 0.306. The Kier molecular flexibility index (Phi) is 5.46. The Balaban J connectivity index is 4.04. The maximum atomic E-state index is 11.0. The number of hydrogen-bond acceptors (Lipinski definition) is 5. The van der Waals surface area contributed by atoms with E-state index in [0.717, 1.165) is 5.57 Å². The summed E-state index contributed by atoms with van der Waals surface area (Å²) in [6, 6.07) is 0. The number of allylic oxidation sites excluding steroid dienone is 1. The van der Waals surface area contributed by atoms with Gasteiger partial charge in [0.15, 0.2) is 0 Å². The molecule has 0 radical (unpaired) electrons. The summed E-state index contributed by atoms with van der Waals surface area (Å²) in [5, 5.41) is 0. The smallest absolute Gasteiger partial charge is 0.246 e. The van der Waals surface area contributed by atoms with E-state index in [1.807, 2.05) is 0 Å². The lowest BCUT2D eigenvalue weighted by Gasteiger charge is -1.97. The van der Waals surface area contributed by atoms with Gasteiger partial charge in [0.2, 0.25) is 0 Å². The third kappa shape index (κ3) is 4.72. The molecule has 0 aromatic heterocycles. The average Bonchev–Trinajstić information content (AvgIpc) is 2.11. The Labute approximate surface area is 77.5 Å². The topological polar surface area (TPSA) is 61.8 Å². The molecule has 0 amide bonds. The van der Waals surface area contributed by atoms with Crippen molar-refractivity contribution < 1.29 is 23.4 Å². The third-order valence-electron chi connectivity index (χ3n) is 1.38. The first-order valence-electron chi connectivity index (χ1n) is 3.53. The van der Waals surface area contributed by atoms with E-state index in [1.165, 1.54) is 7.11 Å². The summed E-state index contributed by atoms with van der Waals surface area (Å²) in [4.78, 5) is 15.2. The van der Waals surface area contributed by atoms with E-state index < -0.39 is 14.2 Å². The zero-order valence-electron chi connectivity index (χ0n) is 7.99. The Morgan fingerprint density at radius 2 is 1.77 bits per heavy atom. The number of rotatable bonds is 4. The molecule has 74 valence electrons. The normalized spacial score (nSPS) is 10.6. The lowest BCUT2D eigenvalue weighted by molar-refractivity contribution is -0.209. The molecule has 0 aliphatic heterocycles. The second kappa shape index (κ2) is 5.80. The summed E-state index contributed by atoms with van der Waals surface area (Å²) in [6.07, 6.45) is 0. The molecule has 0 rings (SSSR count). The van der Waals surface area contributed by atoms with E-state index in [2.05, 4.69) is 14.1 Å². The Morgan fingerprint density at radius 3 is 2.15 bits per heavy atom. The fourth-order valence-electron chi connectivity index (χ4n) is 0.361. The summed E-state index contributed by atoms with van der Waals surface area (Å²) in [7, 11) is -1.19. The molecule has 0 aliphatic rings. The van der Waals surface area contributed by atoms with Crippen molar-refractivity contribution in [1.29, 1.82) is 0 Å². The van der Waals surface area contributed by atoms with Gasteiger partial charge in [-0.25, -0.2) is 9.68 Å². The van der Waals surface area contributed by atoms with Gasteiger partial charge in [0.1, 0.15) is 4.67 Å². The molecule has 0 N–H and O–H groups in total. The van der Waals surface area contributed by atoms with Gasteiger partial charge in [-0.3, -0.25) is 0 Å². The van der Waals surface area contributed by atoms with Crippen LogP contribution in [0.2, 0.25) is 0 Å². The maximum absolute atomic E-state index is 11.0. The van der Waals surface area contributed by atoms with Gasteiger partial charge in [0, 0.05) is 10.1 Å². The summed E-state index contributed by atoms with van der Waals surface area (Å²) in [5.41, 5.74) is 1.22. The molecule has 0 fully saturated rings. The second-order valence-corrected chi connectivity index (χ2v) is 3.44. The highest BCUT2D eigenvalue weighted by Gasteiger charge is 2.23. The van der Waals surface area contributed by atoms with Crippen LogP contribution >= 0.6 is 8.25 Å². The molecular weight excluding hydrogens is 195 g/mol. The van der Waals surface area contributed by atoms with Crippen LogP contribution in [-0.4, -0.2) is 13.1 Å². The number of carbonyl (C=O) groups excluding carboxylic acids is 1. The molecule has 0 aliphatic carbocycles. The van der Waals surface area contributed by atoms with Crippen LogP contribution in [0.1, 0.15) is 20.8 Å². The van der Waals surface area contributed by atoms with Gasteiger partial charge in [0.05, 0.1) is 7.11 Å². The standard InChI is InChI=1S/C7H12O5P/c1-5(2)6(3)7(8)11-12-13(9)10-4/h1-4H3/q+1. The highest BCUT2D eigenvalue weighted by Crippen LogP contribution is 2.22. The van der Waals surface area contributed by atoms with Gasteiger partial charge in [-0.2, -0.15) is 0 Å². The molecule has 13 heavy (non-hydrogen) atoms. The average molecular weight is 207 g/mol. The van der Waals surface area contributed by atoms with E-state index >= 15 is 0 Å². The second-order valence-electron chi connectivity index (χ2n) is 2.48. The molecule has 0 saturated heterocycles. The Morgan fingerprint density at radius 1 is 1.23 bits per heavy atom. The predicted octanol–water partition coefficient (Wildman–Crippen LogP) is 2.12. The van der Waals surface area contributed by atoms with E-state index in [4.69, 9.17) is 0 Å². The lowest BCUT2D eigenvalue weighted by Crippen LogP contribution is -2.05. The van der Waals surface area contributed by atoms with Crippen molar-refractivity contribution in [2.24, 2.45) is 0 Å². The van der Waals surface area contributed by atoms with E-state index in [-0.39, 0.29) is 0 Å².